The Morgan fingerprint density at radius 2 is 1.88 bits per heavy atom. The second kappa shape index (κ2) is 6.53. The number of rotatable bonds is 3. The van der Waals surface area contributed by atoms with Crippen molar-refractivity contribution in [2.45, 2.75) is 12.7 Å². The highest BCUT2D eigenvalue weighted by Crippen LogP contribution is 2.30. The smallest absolute Gasteiger partial charge is 0.334 e. The molecule has 25 heavy (non-hydrogen) atoms. The van der Waals surface area contributed by atoms with Gasteiger partial charge in [-0.1, -0.05) is 40.5 Å². The zero-order chi connectivity index (χ0) is 18.2. The Bertz CT molecular complexity index is 983. The minimum atomic E-state index is -4.64. The first kappa shape index (κ1) is 17.5. The number of aromatic nitrogens is 3. The fraction of sp³-hybridized carbons (Fsp3) is 0.133. The van der Waals surface area contributed by atoms with E-state index in [4.69, 9.17) is 27.7 Å². The van der Waals surface area contributed by atoms with Crippen molar-refractivity contribution in [3.05, 3.63) is 68.3 Å². The van der Waals surface area contributed by atoms with Gasteiger partial charge in [-0.15, -0.1) is 0 Å². The summed E-state index contributed by atoms with van der Waals surface area (Å²) in [5.74, 6) is 0.0964. The largest absolute Gasteiger partial charge is 0.417 e. The van der Waals surface area contributed by atoms with Crippen molar-refractivity contribution >= 4 is 23.2 Å². The summed E-state index contributed by atoms with van der Waals surface area (Å²) in [6.45, 7) is -0.337. The van der Waals surface area contributed by atoms with Crippen LogP contribution in [-0.4, -0.2) is 14.7 Å². The average molecular weight is 390 g/mol. The van der Waals surface area contributed by atoms with Crippen LogP contribution in [-0.2, 0) is 12.7 Å². The first-order chi connectivity index (χ1) is 11.8. The Balaban J connectivity index is 1.95. The third-order valence-electron chi connectivity index (χ3n) is 3.25. The lowest BCUT2D eigenvalue weighted by atomic mass is 10.2. The predicted molar refractivity (Wildman–Crippen MR) is 84.6 cm³/mol. The molecule has 3 rings (SSSR count). The van der Waals surface area contributed by atoms with Crippen LogP contribution in [0.15, 0.2) is 45.8 Å². The van der Waals surface area contributed by atoms with E-state index >= 15 is 0 Å². The maximum Gasteiger partial charge on any atom is 0.417 e. The summed E-state index contributed by atoms with van der Waals surface area (Å²) >= 11 is 11.6. The Morgan fingerprint density at radius 1 is 1.16 bits per heavy atom. The molecule has 0 fully saturated rings. The second-order valence-electron chi connectivity index (χ2n) is 5.00. The van der Waals surface area contributed by atoms with Gasteiger partial charge in [0.25, 0.3) is 11.4 Å². The summed E-state index contributed by atoms with van der Waals surface area (Å²) in [5.41, 5.74) is -1.37. The van der Waals surface area contributed by atoms with Crippen molar-refractivity contribution in [2.75, 3.05) is 0 Å². The van der Waals surface area contributed by atoms with E-state index in [1.165, 1.54) is 0 Å². The molecule has 1 aromatic carbocycles. The van der Waals surface area contributed by atoms with Crippen LogP contribution in [0.5, 0.6) is 0 Å². The molecule has 0 aliphatic carbocycles. The molecule has 0 radical (unpaired) electrons. The van der Waals surface area contributed by atoms with Crippen LogP contribution in [0.3, 0.4) is 0 Å². The van der Waals surface area contributed by atoms with Crippen LogP contribution < -0.4 is 5.56 Å². The zero-order valence-electron chi connectivity index (χ0n) is 12.2. The summed E-state index contributed by atoms with van der Waals surface area (Å²) in [4.78, 5) is 16.0. The standard InChI is InChI=1S/C15H8Cl2F3N3O2/c16-10-4-2-1-3-9(10)13-21-12(22-25-13)7-23-6-8(15(18,19)20)5-11(17)14(23)24/h1-6H,7H2. The van der Waals surface area contributed by atoms with Crippen molar-refractivity contribution in [3.63, 3.8) is 0 Å². The molecule has 0 spiro atoms. The van der Waals surface area contributed by atoms with Crippen LogP contribution >= 0.6 is 23.2 Å². The highest BCUT2D eigenvalue weighted by Gasteiger charge is 2.32. The normalized spacial score (nSPS) is 11.7. The molecule has 0 atom stereocenters. The molecule has 0 N–H and O–H groups in total. The topological polar surface area (TPSA) is 60.9 Å². The first-order valence-electron chi connectivity index (χ1n) is 6.80. The Hall–Kier alpha value is -2.32. The average Bonchev–Trinajstić information content (AvgIpc) is 2.99. The highest BCUT2D eigenvalue weighted by molar-refractivity contribution is 6.33. The molecule has 0 bridgehead atoms. The number of halogens is 5. The fourth-order valence-corrected chi connectivity index (χ4v) is 2.53. The number of benzene rings is 1. The molecule has 0 saturated carbocycles. The Labute approximate surface area is 148 Å². The second-order valence-corrected chi connectivity index (χ2v) is 5.82. The molecule has 3 aromatic rings. The van der Waals surface area contributed by atoms with E-state index in [1.54, 1.807) is 24.3 Å². The number of hydrogen-bond acceptors (Lipinski definition) is 4. The van der Waals surface area contributed by atoms with E-state index in [0.29, 0.717) is 22.8 Å². The van der Waals surface area contributed by atoms with Gasteiger partial charge in [0.2, 0.25) is 0 Å². The molecule has 0 aliphatic rings. The van der Waals surface area contributed by atoms with Crippen molar-refractivity contribution in [3.8, 4) is 11.5 Å². The van der Waals surface area contributed by atoms with Crippen LogP contribution in [0.2, 0.25) is 10.0 Å². The molecule has 0 aliphatic heterocycles. The quantitative estimate of drug-likeness (QED) is 0.670. The number of nitrogens with zero attached hydrogens (tertiary/aromatic N) is 3. The van der Waals surface area contributed by atoms with Gasteiger partial charge in [0.05, 0.1) is 22.7 Å². The molecular formula is C15H8Cl2F3N3O2. The van der Waals surface area contributed by atoms with E-state index in [9.17, 15) is 18.0 Å². The van der Waals surface area contributed by atoms with Crippen LogP contribution in [0, 0.1) is 0 Å². The van der Waals surface area contributed by atoms with E-state index in [2.05, 4.69) is 10.1 Å². The van der Waals surface area contributed by atoms with Crippen molar-refractivity contribution < 1.29 is 17.7 Å². The van der Waals surface area contributed by atoms with Gasteiger partial charge in [-0.25, -0.2) is 0 Å². The molecule has 0 amide bonds. The lowest BCUT2D eigenvalue weighted by Gasteiger charge is -2.10. The van der Waals surface area contributed by atoms with E-state index < -0.39 is 22.3 Å². The monoisotopic (exact) mass is 389 g/mol. The van der Waals surface area contributed by atoms with Gasteiger partial charge < -0.3 is 9.09 Å². The van der Waals surface area contributed by atoms with Gasteiger partial charge in [-0.3, -0.25) is 4.79 Å². The summed E-state index contributed by atoms with van der Waals surface area (Å²) in [7, 11) is 0. The fourth-order valence-electron chi connectivity index (χ4n) is 2.09. The minimum absolute atomic E-state index is 0.00686. The molecule has 5 nitrogen and oxygen atoms in total. The maximum atomic E-state index is 12.8. The van der Waals surface area contributed by atoms with Crippen molar-refractivity contribution in [1.29, 1.82) is 0 Å². The predicted octanol–water partition coefficient (Wildman–Crippen LogP) is 4.27. The lowest BCUT2D eigenvalue weighted by Crippen LogP contribution is -2.23. The first-order valence-corrected chi connectivity index (χ1v) is 7.56. The molecule has 130 valence electrons. The third-order valence-corrected chi connectivity index (χ3v) is 3.85. The van der Waals surface area contributed by atoms with Gasteiger partial charge in [0, 0.05) is 6.20 Å². The Morgan fingerprint density at radius 3 is 2.56 bits per heavy atom. The minimum Gasteiger partial charge on any atom is -0.334 e. The Kier molecular flexibility index (Phi) is 4.57. The zero-order valence-corrected chi connectivity index (χ0v) is 13.7. The van der Waals surface area contributed by atoms with Crippen LogP contribution in [0.25, 0.3) is 11.5 Å². The molecular weight excluding hydrogens is 382 g/mol. The maximum absolute atomic E-state index is 12.8. The lowest BCUT2D eigenvalue weighted by molar-refractivity contribution is -0.138. The third kappa shape index (κ3) is 3.69. The number of pyridine rings is 1. The van der Waals surface area contributed by atoms with Crippen LogP contribution in [0.1, 0.15) is 11.4 Å². The molecule has 2 heterocycles. The summed E-state index contributed by atoms with van der Waals surface area (Å²) in [5, 5.41) is 3.48. The molecule has 10 heteroatoms. The van der Waals surface area contributed by atoms with Gasteiger partial charge in [-0.05, 0) is 18.2 Å². The highest BCUT2D eigenvalue weighted by atomic mass is 35.5. The summed E-state index contributed by atoms with van der Waals surface area (Å²) in [6.07, 6.45) is -3.99. The van der Waals surface area contributed by atoms with Gasteiger partial charge in [0.15, 0.2) is 5.82 Å². The van der Waals surface area contributed by atoms with E-state index in [-0.39, 0.29) is 18.3 Å². The van der Waals surface area contributed by atoms with E-state index in [1.807, 2.05) is 0 Å². The summed E-state index contributed by atoms with van der Waals surface area (Å²) in [6, 6.07) is 7.27. The van der Waals surface area contributed by atoms with Crippen molar-refractivity contribution in [1.82, 2.24) is 14.7 Å². The molecule has 0 unspecified atom stereocenters. The van der Waals surface area contributed by atoms with Crippen molar-refractivity contribution in [2.24, 2.45) is 0 Å². The number of alkyl halides is 3. The van der Waals surface area contributed by atoms with Gasteiger partial charge in [-0.2, -0.15) is 18.2 Å². The van der Waals surface area contributed by atoms with Gasteiger partial charge >= 0.3 is 6.18 Å². The SMILES string of the molecule is O=c1c(Cl)cc(C(F)(F)F)cn1Cc1noc(-c2ccccc2Cl)n1. The van der Waals surface area contributed by atoms with E-state index in [0.717, 1.165) is 4.57 Å². The van der Waals surface area contributed by atoms with Crippen LogP contribution in [0.4, 0.5) is 13.2 Å². The number of hydrogen-bond donors (Lipinski definition) is 0. The molecule has 0 saturated heterocycles. The van der Waals surface area contributed by atoms with Gasteiger partial charge in [0.1, 0.15) is 5.02 Å². The molecule has 2 aromatic heterocycles. The summed E-state index contributed by atoms with van der Waals surface area (Å²) < 4.78 is 44.4.